The molecular weight excluding hydrogens is 585 g/mol. The molecule has 0 atom stereocenters. The Labute approximate surface area is 291 Å². The molecule has 0 aliphatic heterocycles. The third-order valence-corrected chi connectivity index (χ3v) is 9.20. The number of aromatic nitrogens is 2. The second-order valence-electron chi connectivity index (χ2n) is 12.9. The van der Waals surface area contributed by atoms with Gasteiger partial charge >= 0.3 is 0 Å². The number of hydrogen-bond donors (Lipinski definition) is 0. The van der Waals surface area contributed by atoms with Crippen LogP contribution in [0.4, 0.5) is 0 Å². The summed E-state index contributed by atoms with van der Waals surface area (Å²) in [6, 6.07) is 25.9. The first-order valence-electron chi connectivity index (χ1n) is 18.5. The van der Waals surface area contributed by atoms with E-state index < -0.39 is 0 Å². The summed E-state index contributed by atoms with van der Waals surface area (Å²) < 4.78 is 0. The number of rotatable bonds is 19. The standard InChI is InChI=1S/C44H58N4/c1-7-11-29-47(30-12-8-2)41(33-37-21-17-15-18-22-37)39-25-27-45-43(35(39)5)44-36(6)40(26-28-46-44)42(34-38-23-19-16-20-24-38)48(31-13-9-3)32-14-10-4/h15-28,33-34H,7-14,29-32H2,1-6H3. The Morgan fingerprint density at radius 1 is 0.500 bits per heavy atom. The van der Waals surface area contributed by atoms with Gasteiger partial charge in [0.05, 0.1) is 11.4 Å². The van der Waals surface area contributed by atoms with Gasteiger partial charge in [-0.2, -0.15) is 0 Å². The average Bonchev–Trinajstić information content (AvgIpc) is 3.12. The molecule has 2 heterocycles. The number of pyridine rings is 2. The van der Waals surface area contributed by atoms with Gasteiger partial charge in [-0.15, -0.1) is 0 Å². The minimum atomic E-state index is 0.962. The molecule has 0 amide bonds. The van der Waals surface area contributed by atoms with Crippen molar-refractivity contribution in [2.75, 3.05) is 26.2 Å². The van der Waals surface area contributed by atoms with Gasteiger partial charge in [0.1, 0.15) is 0 Å². The molecule has 4 heteroatoms. The maximum Gasteiger partial charge on any atom is 0.0924 e. The average molecular weight is 643 g/mol. The van der Waals surface area contributed by atoms with Crippen LogP contribution in [0.15, 0.2) is 85.2 Å². The second kappa shape index (κ2) is 19.6. The van der Waals surface area contributed by atoms with Crippen LogP contribution in [0.1, 0.15) is 112 Å². The molecular formula is C44H58N4. The van der Waals surface area contributed by atoms with Gasteiger partial charge in [-0.1, -0.05) is 114 Å². The van der Waals surface area contributed by atoms with Crippen molar-refractivity contribution in [1.82, 2.24) is 19.8 Å². The summed E-state index contributed by atoms with van der Waals surface area (Å²) in [5, 5.41) is 0. The quantitative estimate of drug-likeness (QED) is 0.102. The van der Waals surface area contributed by atoms with Crippen LogP contribution in [0.2, 0.25) is 0 Å². The van der Waals surface area contributed by atoms with Crippen molar-refractivity contribution in [3.63, 3.8) is 0 Å². The minimum absolute atomic E-state index is 0.962. The van der Waals surface area contributed by atoms with Crippen molar-refractivity contribution in [2.24, 2.45) is 0 Å². The summed E-state index contributed by atoms with van der Waals surface area (Å²) in [7, 11) is 0. The smallest absolute Gasteiger partial charge is 0.0924 e. The van der Waals surface area contributed by atoms with E-state index in [9.17, 15) is 0 Å². The van der Waals surface area contributed by atoms with Crippen molar-refractivity contribution < 1.29 is 0 Å². The normalized spacial score (nSPS) is 12.0. The maximum absolute atomic E-state index is 5.03. The Bertz CT molecular complexity index is 1450. The van der Waals surface area contributed by atoms with Gasteiger partial charge in [0.2, 0.25) is 0 Å². The summed E-state index contributed by atoms with van der Waals surface area (Å²) in [6.07, 6.45) is 18.1. The van der Waals surface area contributed by atoms with E-state index in [0.29, 0.717) is 0 Å². The van der Waals surface area contributed by atoms with Crippen molar-refractivity contribution in [2.45, 2.75) is 92.9 Å². The van der Waals surface area contributed by atoms with Crippen LogP contribution >= 0.6 is 0 Å². The minimum Gasteiger partial charge on any atom is -0.371 e. The number of nitrogens with zero attached hydrogens (tertiary/aromatic N) is 4. The Kier molecular flexibility index (Phi) is 15.0. The molecule has 48 heavy (non-hydrogen) atoms. The largest absolute Gasteiger partial charge is 0.371 e. The van der Waals surface area contributed by atoms with Gasteiger partial charge in [-0.05, 0) is 86.1 Å². The van der Waals surface area contributed by atoms with E-state index in [1.165, 1.54) is 96.1 Å². The summed E-state index contributed by atoms with van der Waals surface area (Å²) in [6.45, 7) is 17.7. The molecule has 254 valence electrons. The van der Waals surface area contributed by atoms with E-state index in [0.717, 1.165) is 37.6 Å². The fourth-order valence-corrected chi connectivity index (χ4v) is 6.30. The van der Waals surface area contributed by atoms with Crippen molar-refractivity contribution >= 4 is 23.5 Å². The predicted molar refractivity (Wildman–Crippen MR) is 208 cm³/mol. The molecule has 0 aliphatic carbocycles. The Balaban J connectivity index is 1.88. The fraction of sp³-hybridized carbons (Fsp3) is 0.409. The molecule has 2 aromatic carbocycles. The molecule has 0 fully saturated rings. The third kappa shape index (κ3) is 9.92. The van der Waals surface area contributed by atoms with Crippen molar-refractivity contribution in [1.29, 1.82) is 0 Å². The van der Waals surface area contributed by atoms with Crippen LogP contribution in [-0.2, 0) is 0 Å². The highest BCUT2D eigenvalue weighted by Crippen LogP contribution is 2.35. The topological polar surface area (TPSA) is 32.3 Å². The molecule has 2 aromatic heterocycles. The number of benzene rings is 2. The monoisotopic (exact) mass is 642 g/mol. The number of hydrogen-bond acceptors (Lipinski definition) is 4. The second-order valence-corrected chi connectivity index (χ2v) is 12.9. The van der Waals surface area contributed by atoms with Gasteiger partial charge in [0.25, 0.3) is 0 Å². The van der Waals surface area contributed by atoms with E-state index in [1.807, 2.05) is 12.4 Å². The Morgan fingerprint density at radius 3 is 1.15 bits per heavy atom. The first kappa shape index (κ1) is 36.7. The molecule has 0 spiro atoms. The molecule has 0 radical (unpaired) electrons. The number of unbranched alkanes of at least 4 members (excludes halogenated alkanes) is 4. The van der Waals surface area contributed by atoms with Gasteiger partial charge in [0, 0.05) is 61.1 Å². The zero-order valence-corrected chi connectivity index (χ0v) is 30.5. The van der Waals surface area contributed by atoms with Crippen LogP contribution in [0, 0.1) is 13.8 Å². The summed E-state index contributed by atoms with van der Waals surface area (Å²) in [4.78, 5) is 15.3. The predicted octanol–water partition coefficient (Wildman–Crippen LogP) is 11.6. The fourth-order valence-electron chi connectivity index (χ4n) is 6.30. The Hall–Kier alpha value is -4.18. The van der Waals surface area contributed by atoms with Crippen LogP contribution < -0.4 is 0 Å². The highest BCUT2D eigenvalue weighted by molar-refractivity contribution is 5.86. The zero-order valence-electron chi connectivity index (χ0n) is 30.5. The van der Waals surface area contributed by atoms with Gasteiger partial charge in [-0.25, -0.2) is 0 Å². The van der Waals surface area contributed by atoms with Crippen LogP contribution in [0.5, 0.6) is 0 Å². The summed E-state index contributed by atoms with van der Waals surface area (Å²) in [5.74, 6) is 0. The summed E-state index contributed by atoms with van der Waals surface area (Å²) >= 11 is 0. The lowest BCUT2D eigenvalue weighted by atomic mass is 9.95. The molecule has 0 aliphatic rings. The molecule has 4 nitrogen and oxygen atoms in total. The first-order chi connectivity index (χ1) is 23.5. The molecule has 0 saturated heterocycles. The lowest BCUT2D eigenvalue weighted by Gasteiger charge is -2.30. The lowest BCUT2D eigenvalue weighted by molar-refractivity contribution is 0.380. The van der Waals surface area contributed by atoms with Gasteiger partial charge in [0.15, 0.2) is 0 Å². The molecule has 0 unspecified atom stereocenters. The zero-order chi connectivity index (χ0) is 34.1. The van der Waals surface area contributed by atoms with E-state index >= 15 is 0 Å². The highest BCUT2D eigenvalue weighted by Gasteiger charge is 2.21. The maximum atomic E-state index is 5.03. The third-order valence-electron chi connectivity index (χ3n) is 9.20. The van der Waals surface area contributed by atoms with E-state index in [2.05, 4.69) is 136 Å². The van der Waals surface area contributed by atoms with E-state index in [-0.39, 0.29) is 0 Å². The molecule has 4 aromatic rings. The molecule has 0 N–H and O–H groups in total. The molecule has 0 bridgehead atoms. The molecule has 0 saturated carbocycles. The summed E-state index contributed by atoms with van der Waals surface area (Å²) in [5.41, 5.74) is 11.7. The molecule has 4 rings (SSSR count). The van der Waals surface area contributed by atoms with Crippen LogP contribution in [-0.4, -0.2) is 45.9 Å². The van der Waals surface area contributed by atoms with Gasteiger partial charge in [-0.3, -0.25) is 9.97 Å². The highest BCUT2D eigenvalue weighted by atomic mass is 15.1. The SMILES string of the molecule is CCCCN(CCCC)C(=Cc1ccccc1)c1ccnc(-c2nccc(C(=Cc3ccccc3)N(CCCC)CCCC)c2C)c1C. The van der Waals surface area contributed by atoms with Gasteiger partial charge < -0.3 is 9.80 Å². The Morgan fingerprint density at radius 2 is 0.833 bits per heavy atom. The van der Waals surface area contributed by atoms with Crippen LogP contribution in [0.25, 0.3) is 34.9 Å². The van der Waals surface area contributed by atoms with Crippen molar-refractivity contribution in [3.8, 4) is 11.4 Å². The van der Waals surface area contributed by atoms with Crippen molar-refractivity contribution in [3.05, 3.63) is 119 Å². The van der Waals surface area contributed by atoms with Crippen LogP contribution in [0.3, 0.4) is 0 Å². The first-order valence-corrected chi connectivity index (χ1v) is 18.5. The van der Waals surface area contributed by atoms with E-state index in [4.69, 9.17) is 9.97 Å². The lowest BCUT2D eigenvalue weighted by Crippen LogP contribution is -2.25. The van der Waals surface area contributed by atoms with E-state index in [1.54, 1.807) is 0 Å².